The van der Waals surface area contributed by atoms with Gasteiger partial charge in [-0.05, 0) is 49.6 Å². The molecule has 0 aliphatic carbocycles. The maximum atomic E-state index is 5.58. The molecule has 0 fully saturated rings. The molecule has 0 aliphatic heterocycles. The van der Waals surface area contributed by atoms with Crippen LogP contribution in [0.2, 0.25) is 0 Å². The van der Waals surface area contributed by atoms with Gasteiger partial charge in [-0.3, -0.25) is 0 Å². The second-order valence-electron chi connectivity index (χ2n) is 5.73. The van der Waals surface area contributed by atoms with E-state index in [-0.39, 0.29) is 0 Å². The van der Waals surface area contributed by atoms with E-state index in [0.717, 1.165) is 36.9 Å². The Morgan fingerprint density at radius 2 is 1.80 bits per heavy atom. The predicted molar refractivity (Wildman–Crippen MR) is 80.6 cm³/mol. The second-order valence-corrected chi connectivity index (χ2v) is 5.73. The lowest BCUT2D eigenvalue weighted by molar-refractivity contribution is 0.393. The maximum absolute atomic E-state index is 5.58. The molecule has 1 unspecified atom stereocenters. The first-order chi connectivity index (χ1) is 9.75. The van der Waals surface area contributed by atoms with Gasteiger partial charge < -0.3 is 14.2 Å². The molecule has 0 spiro atoms. The number of nitrogens with one attached hydrogen (secondary N) is 1. The average Bonchev–Trinajstić information content (AvgIpc) is 3.10. The minimum Gasteiger partial charge on any atom is -0.469 e. The van der Waals surface area contributed by atoms with E-state index < -0.39 is 0 Å². The van der Waals surface area contributed by atoms with Gasteiger partial charge in [0.15, 0.2) is 0 Å². The third-order valence-electron chi connectivity index (χ3n) is 3.59. The summed E-state index contributed by atoms with van der Waals surface area (Å²) in [7, 11) is 0. The molecule has 0 saturated heterocycles. The molecule has 0 aliphatic rings. The van der Waals surface area contributed by atoms with Crippen LogP contribution in [0.1, 0.15) is 50.5 Å². The molecule has 110 valence electrons. The fourth-order valence-corrected chi connectivity index (χ4v) is 2.39. The number of furan rings is 2. The van der Waals surface area contributed by atoms with Gasteiger partial charge in [-0.25, -0.2) is 0 Å². The van der Waals surface area contributed by atoms with Gasteiger partial charge in [-0.2, -0.15) is 0 Å². The monoisotopic (exact) mass is 275 g/mol. The van der Waals surface area contributed by atoms with Crippen molar-refractivity contribution in [1.82, 2.24) is 5.32 Å². The van der Waals surface area contributed by atoms with Crippen molar-refractivity contribution in [3.05, 3.63) is 48.3 Å². The summed E-state index contributed by atoms with van der Waals surface area (Å²) < 4.78 is 10.9. The number of hydrogen-bond acceptors (Lipinski definition) is 3. The van der Waals surface area contributed by atoms with E-state index in [1.807, 2.05) is 18.2 Å². The molecule has 2 aromatic rings. The van der Waals surface area contributed by atoms with Gasteiger partial charge in [-0.15, -0.1) is 0 Å². The van der Waals surface area contributed by atoms with Crippen LogP contribution in [0, 0.1) is 5.92 Å². The molecule has 2 rings (SSSR count). The molecular weight excluding hydrogens is 250 g/mol. The lowest BCUT2D eigenvalue weighted by Crippen LogP contribution is -2.17. The van der Waals surface area contributed by atoms with Crippen LogP contribution in [0.25, 0.3) is 0 Å². The van der Waals surface area contributed by atoms with Crippen LogP contribution >= 0.6 is 0 Å². The molecule has 2 heterocycles. The van der Waals surface area contributed by atoms with Crippen molar-refractivity contribution < 1.29 is 8.83 Å². The van der Waals surface area contributed by atoms with Gasteiger partial charge in [0.25, 0.3) is 0 Å². The van der Waals surface area contributed by atoms with Crippen LogP contribution in [0.5, 0.6) is 0 Å². The van der Waals surface area contributed by atoms with Gasteiger partial charge in [0.05, 0.1) is 19.1 Å². The topological polar surface area (TPSA) is 38.3 Å². The summed E-state index contributed by atoms with van der Waals surface area (Å²) in [6, 6.07) is 7.99. The Labute approximate surface area is 121 Å². The Balaban J connectivity index is 1.75. The minimum absolute atomic E-state index is 0.511. The summed E-state index contributed by atoms with van der Waals surface area (Å²) in [5, 5.41) is 3.43. The van der Waals surface area contributed by atoms with Crippen molar-refractivity contribution in [2.24, 2.45) is 5.92 Å². The zero-order chi connectivity index (χ0) is 14.2. The summed E-state index contributed by atoms with van der Waals surface area (Å²) >= 11 is 0. The minimum atomic E-state index is 0.511. The zero-order valence-corrected chi connectivity index (χ0v) is 12.5. The lowest BCUT2D eigenvalue weighted by Gasteiger charge is -2.16. The molecular formula is C17H25NO2. The smallest absolute Gasteiger partial charge is 0.117 e. The first kappa shape index (κ1) is 14.9. The van der Waals surface area contributed by atoms with Gasteiger partial charge in [0, 0.05) is 5.92 Å². The second kappa shape index (κ2) is 7.95. The largest absolute Gasteiger partial charge is 0.469 e. The SMILES string of the molecule is CC(C)CCC(CCNCc1ccco1)c1ccco1. The Hall–Kier alpha value is -1.48. The van der Waals surface area contributed by atoms with Crippen LogP contribution in [0.4, 0.5) is 0 Å². The fourth-order valence-electron chi connectivity index (χ4n) is 2.39. The standard InChI is InChI=1S/C17H25NO2/c1-14(2)7-8-15(17-6-4-12-20-17)9-10-18-13-16-5-3-11-19-16/h3-6,11-12,14-15,18H,7-10,13H2,1-2H3. The first-order valence-corrected chi connectivity index (χ1v) is 7.52. The van der Waals surface area contributed by atoms with E-state index in [0.29, 0.717) is 5.92 Å². The molecule has 1 N–H and O–H groups in total. The van der Waals surface area contributed by atoms with Crippen LogP contribution in [-0.4, -0.2) is 6.54 Å². The average molecular weight is 275 g/mol. The molecule has 0 bridgehead atoms. The zero-order valence-electron chi connectivity index (χ0n) is 12.5. The highest BCUT2D eigenvalue weighted by Gasteiger charge is 2.14. The van der Waals surface area contributed by atoms with Gasteiger partial charge >= 0.3 is 0 Å². The maximum Gasteiger partial charge on any atom is 0.117 e. The molecule has 0 aromatic carbocycles. The Bertz CT molecular complexity index is 445. The van der Waals surface area contributed by atoms with E-state index in [4.69, 9.17) is 8.83 Å². The highest BCUT2D eigenvalue weighted by atomic mass is 16.3. The number of hydrogen-bond donors (Lipinski definition) is 1. The van der Waals surface area contributed by atoms with Crippen molar-refractivity contribution in [2.45, 2.75) is 45.6 Å². The van der Waals surface area contributed by atoms with E-state index in [1.54, 1.807) is 12.5 Å². The summed E-state index contributed by atoms with van der Waals surface area (Å²) in [4.78, 5) is 0. The van der Waals surface area contributed by atoms with Gasteiger partial charge in [0.1, 0.15) is 11.5 Å². The van der Waals surface area contributed by atoms with Crippen molar-refractivity contribution in [3.63, 3.8) is 0 Å². The Morgan fingerprint density at radius 3 is 2.45 bits per heavy atom. The van der Waals surface area contributed by atoms with E-state index >= 15 is 0 Å². The van der Waals surface area contributed by atoms with Crippen molar-refractivity contribution in [2.75, 3.05) is 6.54 Å². The summed E-state index contributed by atoms with van der Waals surface area (Å²) in [6.45, 7) is 6.31. The molecule has 2 aromatic heterocycles. The van der Waals surface area contributed by atoms with Gasteiger partial charge in [-0.1, -0.05) is 20.3 Å². The molecule has 1 atom stereocenters. The van der Waals surface area contributed by atoms with Crippen molar-refractivity contribution in [3.8, 4) is 0 Å². The summed E-state index contributed by atoms with van der Waals surface area (Å²) in [6.07, 6.45) is 7.01. The molecule has 0 amide bonds. The summed E-state index contributed by atoms with van der Waals surface area (Å²) in [5.41, 5.74) is 0. The van der Waals surface area contributed by atoms with E-state index in [1.165, 1.54) is 12.8 Å². The highest BCUT2D eigenvalue weighted by molar-refractivity contribution is 5.05. The molecule has 3 heteroatoms. The van der Waals surface area contributed by atoms with E-state index in [2.05, 4.69) is 25.2 Å². The Morgan fingerprint density at radius 1 is 1.00 bits per heavy atom. The number of rotatable bonds is 9. The fraction of sp³-hybridized carbons (Fsp3) is 0.529. The molecule has 3 nitrogen and oxygen atoms in total. The highest BCUT2D eigenvalue weighted by Crippen LogP contribution is 2.26. The molecule has 20 heavy (non-hydrogen) atoms. The normalized spacial score (nSPS) is 12.9. The van der Waals surface area contributed by atoms with E-state index in [9.17, 15) is 0 Å². The molecule has 0 radical (unpaired) electrons. The third-order valence-corrected chi connectivity index (χ3v) is 3.59. The van der Waals surface area contributed by atoms with Crippen LogP contribution in [0.3, 0.4) is 0 Å². The molecule has 0 saturated carbocycles. The van der Waals surface area contributed by atoms with Gasteiger partial charge in [0.2, 0.25) is 0 Å². The third kappa shape index (κ3) is 4.89. The summed E-state index contributed by atoms with van der Waals surface area (Å²) in [5.74, 6) is 3.35. The quantitative estimate of drug-likeness (QED) is 0.681. The van der Waals surface area contributed by atoms with Crippen LogP contribution in [-0.2, 0) is 6.54 Å². The first-order valence-electron chi connectivity index (χ1n) is 7.52. The van der Waals surface area contributed by atoms with Crippen molar-refractivity contribution >= 4 is 0 Å². The predicted octanol–water partition coefficient (Wildman–Crippen LogP) is 4.57. The van der Waals surface area contributed by atoms with Crippen LogP contribution in [0.15, 0.2) is 45.6 Å². The van der Waals surface area contributed by atoms with Crippen molar-refractivity contribution in [1.29, 1.82) is 0 Å². The Kier molecular flexibility index (Phi) is 5.93. The van der Waals surface area contributed by atoms with Crippen LogP contribution < -0.4 is 5.32 Å². The lowest BCUT2D eigenvalue weighted by atomic mass is 9.93.